The van der Waals surface area contributed by atoms with Gasteiger partial charge in [0.15, 0.2) is 0 Å². The van der Waals surface area contributed by atoms with Crippen molar-refractivity contribution < 1.29 is 18.0 Å². The van der Waals surface area contributed by atoms with Crippen LogP contribution in [0.2, 0.25) is 0 Å². The zero-order valence-corrected chi connectivity index (χ0v) is 25.2. The first kappa shape index (κ1) is 30.4. The van der Waals surface area contributed by atoms with Gasteiger partial charge in [0.25, 0.3) is 0 Å². The van der Waals surface area contributed by atoms with E-state index >= 15 is 0 Å². The highest BCUT2D eigenvalue weighted by Gasteiger charge is 2.34. The maximum Gasteiger partial charge on any atom is 0.244 e. The topological polar surface area (TPSA) is 86.8 Å². The number of anilines is 1. The Kier molecular flexibility index (Phi) is 10.7. The van der Waals surface area contributed by atoms with E-state index in [0.29, 0.717) is 10.2 Å². The average Bonchev–Trinajstić information content (AvgIpc) is 2.90. The molecule has 0 fully saturated rings. The van der Waals surface area contributed by atoms with Gasteiger partial charge in [-0.2, -0.15) is 0 Å². The van der Waals surface area contributed by atoms with Gasteiger partial charge in [0.2, 0.25) is 21.8 Å². The van der Waals surface area contributed by atoms with E-state index in [2.05, 4.69) is 21.2 Å². The van der Waals surface area contributed by atoms with Crippen LogP contribution in [-0.2, 0) is 32.6 Å². The minimum Gasteiger partial charge on any atom is -0.352 e. The molecule has 0 bridgehead atoms. The smallest absolute Gasteiger partial charge is 0.244 e. The molecule has 0 saturated carbocycles. The summed E-state index contributed by atoms with van der Waals surface area (Å²) in [5.74, 6) is -0.749. The fourth-order valence-corrected chi connectivity index (χ4v) is 5.69. The van der Waals surface area contributed by atoms with E-state index in [9.17, 15) is 18.0 Å². The molecule has 2 amide bonds. The largest absolute Gasteiger partial charge is 0.352 e. The number of nitrogens with one attached hydrogen (secondary N) is 1. The van der Waals surface area contributed by atoms with Gasteiger partial charge in [-0.3, -0.25) is 13.9 Å². The predicted molar refractivity (Wildman–Crippen MR) is 160 cm³/mol. The van der Waals surface area contributed by atoms with Crippen LogP contribution in [0.25, 0.3) is 0 Å². The van der Waals surface area contributed by atoms with Gasteiger partial charge in [0, 0.05) is 23.5 Å². The zero-order valence-electron chi connectivity index (χ0n) is 22.8. The highest BCUT2D eigenvalue weighted by atomic mass is 79.9. The Hall–Kier alpha value is -3.17. The molecule has 1 N–H and O–H groups in total. The standard InChI is InChI=1S/C30H36BrN3O4S/c1-5-23(3)32-30(36)28(19-24-14-7-6-8-15-24)33(20-25-16-10-9-13-22(25)2)29(35)21-34(39(4,37)38)27-18-12-11-17-26(27)31/h6-18,23,28H,5,19-21H2,1-4H3,(H,32,36). The van der Waals surface area contributed by atoms with E-state index in [-0.39, 0.29) is 24.9 Å². The average molecular weight is 615 g/mol. The van der Waals surface area contributed by atoms with Crippen molar-refractivity contribution in [3.63, 3.8) is 0 Å². The lowest BCUT2D eigenvalue weighted by molar-refractivity contribution is -0.140. The number of para-hydroxylation sites is 1. The normalized spacial score (nSPS) is 12.8. The fraction of sp³-hybridized carbons (Fsp3) is 0.333. The van der Waals surface area contributed by atoms with Gasteiger partial charge >= 0.3 is 0 Å². The number of hydrogen-bond donors (Lipinski definition) is 1. The third kappa shape index (κ3) is 8.41. The number of carbonyl (C=O) groups excluding carboxylic acids is 2. The second-order valence-corrected chi connectivity index (χ2v) is 12.5. The Balaban J connectivity index is 2.08. The molecule has 0 saturated heterocycles. The van der Waals surface area contributed by atoms with Crippen molar-refractivity contribution in [2.45, 2.75) is 52.2 Å². The lowest BCUT2D eigenvalue weighted by atomic mass is 10.0. The molecule has 0 heterocycles. The molecule has 0 aromatic heterocycles. The van der Waals surface area contributed by atoms with Gasteiger partial charge in [-0.15, -0.1) is 0 Å². The van der Waals surface area contributed by atoms with Crippen molar-refractivity contribution in [1.29, 1.82) is 0 Å². The molecule has 39 heavy (non-hydrogen) atoms. The summed E-state index contributed by atoms with van der Waals surface area (Å²) in [6.07, 6.45) is 2.09. The second kappa shape index (κ2) is 13.8. The summed E-state index contributed by atoms with van der Waals surface area (Å²) in [5, 5.41) is 3.04. The molecule has 208 valence electrons. The molecular weight excluding hydrogens is 578 g/mol. The van der Waals surface area contributed by atoms with E-state index in [0.717, 1.165) is 33.7 Å². The maximum absolute atomic E-state index is 14.1. The highest BCUT2D eigenvalue weighted by molar-refractivity contribution is 9.10. The van der Waals surface area contributed by atoms with Crippen molar-refractivity contribution in [1.82, 2.24) is 10.2 Å². The SMILES string of the molecule is CCC(C)NC(=O)C(Cc1ccccc1)N(Cc1ccccc1C)C(=O)CN(c1ccccc1Br)S(C)(=O)=O. The van der Waals surface area contributed by atoms with Crippen molar-refractivity contribution in [2.75, 3.05) is 17.1 Å². The van der Waals surface area contributed by atoms with Crippen LogP contribution in [0.3, 0.4) is 0 Å². The number of carbonyl (C=O) groups is 2. The van der Waals surface area contributed by atoms with Crippen LogP contribution < -0.4 is 9.62 Å². The van der Waals surface area contributed by atoms with Gasteiger partial charge in [-0.05, 0) is 65.0 Å². The first-order chi connectivity index (χ1) is 18.5. The molecule has 0 aliphatic rings. The van der Waals surface area contributed by atoms with E-state index in [1.54, 1.807) is 24.3 Å². The van der Waals surface area contributed by atoms with E-state index in [4.69, 9.17) is 0 Å². The molecule has 3 rings (SSSR count). The summed E-state index contributed by atoms with van der Waals surface area (Å²) in [6.45, 7) is 5.56. The maximum atomic E-state index is 14.1. The quantitative estimate of drug-likeness (QED) is 0.309. The molecular formula is C30H36BrN3O4S. The summed E-state index contributed by atoms with van der Waals surface area (Å²) in [4.78, 5) is 29.3. The Morgan fingerprint density at radius 1 is 0.949 bits per heavy atom. The van der Waals surface area contributed by atoms with Crippen molar-refractivity contribution in [3.05, 3.63) is 100 Å². The number of amides is 2. The molecule has 0 aliphatic carbocycles. The van der Waals surface area contributed by atoms with Gasteiger partial charge < -0.3 is 10.2 Å². The molecule has 0 aliphatic heterocycles. The number of rotatable bonds is 12. The third-order valence-electron chi connectivity index (χ3n) is 6.67. The number of aryl methyl sites for hydroxylation is 1. The van der Waals surface area contributed by atoms with Crippen LogP contribution >= 0.6 is 15.9 Å². The summed E-state index contributed by atoms with van der Waals surface area (Å²) in [7, 11) is -3.82. The summed E-state index contributed by atoms with van der Waals surface area (Å²) in [5.41, 5.74) is 3.11. The second-order valence-electron chi connectivity index (χ2n) is 9.69. The van der Waals surface area contributed by atoms with Gasteiger partial charge in [-0.1, -0.05) is 73.7 Å². The van der Waals surface area contributed by atoms with Crippen molar-refractivity contribution in [3.8, 4) is 0 Å². The van der Waals surface area contributed by atoms with Crippen molar-refractivity contribution >= 4 is 43.5 Å². The molecule has 2 atom stereocenters. The first-order valence-corrected chi connectivity index (χ1v) is 15.6. The minimum absolute atomic E-state index is 0.0843. The Labute approximate surface area is 240 Å². The van der Waals surface area contributed by atoms with Crippen LogP contribution in [-0.4, -0.2) is 50.0 Å². The number of benzene rings is 3. The van der Waals surface area contributed by atoms with Crippen LogP contribution in [0.1, 0.15) is 37.0 Å². The Morgan fingerprint density at radius 2 is 1.56 bits per heavy atom. The third-order valence-corrected chi connectivity index (χ3v) is 8.47. The predicted octanol–water partition coefficient (Wildman–Crippen LogP) is 5.08. The minimum atomic E-state index is -3.82. The molecule has 2 unspecified atom stereocenters. The monoisotopic (exact) mass is 613 g/mol. The first-order valence-electron chi connectivity index (χ1n) is 12.9. The Bertz CT molecular complexity index is 1380. The van der Waals surface area contributed by atoms with E-state index in [1.165, 1.54) is 4.90 Å². The van der Waals surface area contributed by atoms with Gasteiger partial charge in [0.05, 0.1) is 11.9 Å². The van der Waals surface area contributed by atoms with E-state index < -0.39 is 28.5 Å². The lowest BCUT2D eigenvalue weighted by Crippen LogP contribution is -2.54. The van der Waals surface area contributed by atoms with Crippen LogP contribution in [0.5, 0.6) is 0 Å². The van der Waals surface area contributed by atoms with Crippen molar-refractivity contribution in [2.24, 2.45) is 0 Å². The summed E-state index contributed by atoms with van der Waals surface area (Å²) in [6, 6.07) is 23.1. The number of nitrogens with zero attached hydrogens (tertiary/aromatic N) is 2. The summed E-state index contributed by atoms with van der Waals surface area (Å²) >= 11 is 3.42. The number of hydrogen-bond acceptors (Lipinski definition) is 4. The van der Waals surface area contributed by atoms with Gasteiger partial charge in [-0.25, -0.2) is 8.42 Å². The summed E-state index contributed by atoms with van der Waals surface area (Å²) < 4.78 is 27.4. The van der Waals surface area contributed by atoms with Crippen LogP contribution in [0.15, 0.2) is 83.3 Å². The highest BCUT2D eigenvalue weighted by Crippen LogP contribution is 2.28. The van der Waals surface area contributed by atoms with Crippen LogP contribution in [0, 0.1) is 6.92 Å². The molecule has 0 spiro atoms. The molecule has 3 aromatic rings. The zero-order chi connectivity index (χ0) is 28.6. The van der Waals surface area contributed by atoms with E-state index in [1.807, 2.05) is 75.4 Å². The van der Waals surface area contributed by atoms with Gasteiger partial charge in [0.1, 0.15) is 12.6 Å². The number of sulfonamides is 1. The Morgan fingerprint density at radius 3 is 2.18 bits per heavy atom. The molecule has 9 heteroatoms. The number of halogens is 1. The molecule has 3 aromatic carbocycles. The fourth-order valence-electron chi connectivity index (χ4n) is 4.21. The lowest BCUT2D eigenvalue weighted by Gasteiger charge is -2.34. The van der Waals surface area contributed by atoms with Crippen LogP contribution in [0.4, 0.5) is 5.69 Å². The molecule has 0 radical (unpaired) electrons. The molecule has 7 nitrogen and oxygen atoms in total.